The second-order valence-corrected chi connectivity index (χ2v) is 10.5. The molecule has 3 aromatic carbocycles. The van der Waals surface area contributed by atoms with Crippen LogP contribution in [-0.4, -0.2) is 29.4 Å². The fourth-order valence-electron chi connectivity index (χ4n) is 5.75. The van der Waals surface area contributed by atoms with Crippen molar-refractivity contribution in [2.24, 2.45) is 5.92 Å². The third-order valence-electron chi connectivity index (χ3n) is 7.73. The molecule has 198 valence electrons. The average Bonchev–Trinajstić information content (AvgIpc) is 3.46. The van der Waals surface area contributed by atoms with E-state index in [0.717, 1.165) is 48.8 Å². The van der Waals surface area contributed by atoms with Gasteiger partial charge in [-0.25, -0.2) is 4.39 Å². The molecule has 1 heterocycles. The number of ether oxygens (including phenoxy) is 1. The molecule has 0 aromatic heterocycles. The van der Waals surface area contributed by atoms with Crippen LogP contribution in [0.3, 0.4) is 0 Å². The molecule has 3 aromatic rings. The van der Waals surface area contributed by atoms with E-state index >= 15 is 0 Å². The summed E-state index contributed by atoms with van der Waals surface area (Å²) in [6, 6.07) is 20.3. The van der Waals surface area contributed by atoms with Crippen LogP contribution in [0.15, 0.2) is 66.7 Å². The van der Waals surface area contributed by atoms with Gasteiger partial charge in [0.25, 0.3) is 5.91 Å². The van der Waals surface area contributed by atoms with Crippen molar-refractivity contribution < 1.29 is 18.7 Å². The van der Waals surface area contributed by atoms with Crippen molar-refractivity contribution in [1.82, 2.24) is 10.2 Å². The largest absolute Gasteiger partial charge is 0.481 e. The molecule has 0 bridgehead atoms. The number of carbonyl (C=O) groups excluding carboxylic acids is 2. The van der Waals surface area contributed by atoms with Crippen LogP contribution in [0, 0.1) is 18.7 Å². The monoisotopic (exact) mass is 514 g/mol. The van der Waals surface area contributed by atoms with Gasteiger partial charge in [-0.2, -0.15) is 0 Å². The molecule has 6 heteroatoms. The maximum atomic E-state index is 13.7. The first kappa shape index (κ1) is 26.0. The van der Waals surface area contributed by atoms with Crippen LogP contribution in [0.1, 0.15) is 66.5 Å². The summed E-state index contributed by atoms with van der Waals surface area (Å²) in [7, 11) is 0. The van der Waals surface area contributed by atoms with E-state index in [2.05, 4.69) is 41.4 Å². The molecule has 0 radical (unpaired) electrons. The van der Waals surface area contributed by atoms with Gasteiger partial charge in [-0.3, -0.25) is 9.59 Å². The van der Waals surface area contributed by atoms with Gasteiger partial charge in [0.15, 0.2) is 6.10 Å². The summed E-state index contributed by atoms with van der Waals surface area (Å²) in [6.45, 7) is 4.69. The Kier molecular flexibility index (Phi) is 7.77. The molecule has 1 aliphatic carbocycles. The zero-order chi connectivity index (χ0) is 26.6. The van der Waals surface area contributed by atoms with Gasteiger partial charge >= 0.3 is 0 Å². The standard InChI is InChI=1S/C32H35FN2O3/c1-21-7-5-11-26(17-21)30-29-19-28(38-22(2)31(36)34-20-23-8-6-12-27(33)18-23)14-13-24(29)15-16-35(30)32(37)25-9-3-4-10-25/h5-8,11-14,17-19,22,25,30H,3-4,9-10,15-16,20H2,1-2H3,(H,34,36)/t22-,30+/m0/s1. The van der Waals surface area contributed by atoms with Crippen molar-refractivity contribution in [3.05, 3.63) is 100 Å². The van der Waals surface area contributed by atoms with E-state index in [-0.39, 0.29) is 36.1 Å². The fraction of sp³-hybridized carbons (Fsp3) is 0.375. The van der Waals surface area contributed by atoms with Gasteiger partial charge in [-0.05, 0) is 79.6 Å². The first-order chi connectivity index (χ1) is 18.4. The smallest absolute Gasteiger partial charge is 0.261 e. The Hall–Kier alpha value is -3.67. The minimum absolute atomic E-state index is 0.102. The van der Waals surface area contributed by atoms with E-state index in [1.165, 1.54) is 17.7 Å². The maximum absolute atomic E-state index is 13.7. The van der Waals surface area contributed by atoms with Crippen molar-refractivity contribution in [2.75, 3.05) is 6.54 Å². The van der Waals surface area contributed by atoms with Crippen LogP contribution in [0.5, 0.6) is 5.75 Å². The molecule has 1 aliphatic heterocycles. The summed E-state index contributed by atoms with van der Waals surface area (Å²) >= 11 is 0. The molecule has 38 heavy (non-hydrogen) atoms. The number of carbonyl (C=O) groups is 2. The van der Waals surface area contributed by atoms with Crippen LogP contribution < -0.4 is 10.1 Å². The molecule has 1 N–H and O–H groups in total. The summed E-state index contributed by atoms with van der Waals surface area (Å²) in [5.74, 6) is 0.324. The lowest BCUT2D eigenvalue weighted by Gasteiger charge is -2.39. The van der Waals surface area contributed by atoms with Crippen molar-refractivity contribution in [3.63, 3.8) is 0 Å². The van der Waals surface area contributed by atoms with Crippen molar-refractivity contribution in [3.8, 4) is 5.75 Å². The van der Waals surface area contributed by atoms with E-state index in [1.807, 2.05) is 18.2 Å². The number of aryl methyl sites for hydroxylation is 1. The molecule has 5 rings (SSSR count). The van der Waals surface area contributed by atoms with E-state index < -0.39 is 6.10 Å². The highest BCUT2D eigenvalue weighted by atomic mass is 19.1. The zero-order valence-electron chi connectivity index (χ0n) is 22.1. The third-order valence-corrected chi connectivity index (χ3v) is 7.73. The minimum atomic E-state index is -0.737. The number of rotatable bonds is 7. The minimum Gasteiger partial charge on any atom is -0.481 e. The summed E-state index contributed by atoms with van der Waals surface area (Å²) in [5, 5.41) is 2.82. The summed E-state index contributed by atoms with van der Waals surface area (Å²) in [4.78, 5) is 28.4. The van der Waals surface area contributed by atoms with Crippen molar-refractivity contribution in [1.29, 1.82) is 0 Å². The van der Waals surface area contributed by atoms with E-state index in [4.69, 9.17) is 4.74 Å². The SMILES string of the molecule is Cc1cccc([C@@H]2c3cc(O[C@@H](C)C(=O)NCc4cccc(F)c4)ccc3CCN2C(=O)C2CCCC2)c1. The molecular formula is C32H35FN2O3. The Balaban J connectivity index is 1.37. The average molecular weight is 515 g/mol. The number of fused-ring (bicyclic) bond motifs is 1. The number of nitrogens with zero attached hydrogens (tertiary/aromatic N) is 1. The van der Waals surface area contributed by atoms with Crippen LogP contribution in [0.2, 0.25) is 0 Å². The molecule has 0 spiro atoms. The van der Waals surface area contributed by atoms with Gasteiger partial charge in [0.05, 0.1) is 6.04 Å². The van der Waals surface area contributed by atoms with E-state index in [9.17, 15) is 14.0 Å². The molecule has 2 atom stereocenters. The van der Waals surface area contributed by atoms with Gasteiger partial charge in [-0.1, -0.05) is 60.9 Å². The van der Waals surface area contributed by atoms with Crippen LogP contribution in [0.25, 0.3) is 0 Å². The van der Waals surface area contributed by atoms with Gasteiger partial charge < -0.3 is 15.0 Å². The Morgan fingerprint density at radius 2 is 1.84 bits per heavy atom. The van der Waals surface area contributed by atoms with Gasteiger partial charge in [-0.15, -0.1) is 0 Å². The highest BCUT2D eigenvalue weighted by molar-refractivity contribution is 5.81. The van der Waals surface area contributed by atoms with Gasteiger partial charge in [0.2, 0.25) is 5.91 Å². The third kappa shape index (κ3) is 5.74. The first-order valence-electron chi connectivity index (χ1n) is 13.6. The topological polar surface area (TPSA) is 58.6 Å². The first-order valence-corrected chi connectivity index (χ1v) is 13.6. The maximum Gasteiger partial charge on any atom is 0.261 e. The molecule has 2 aliphatic rings. The Labute approximate surface area is 224 Å². The summed E-state index contributed by atoms with van der Waals surface area (Å²) in [6.07, 6.45) is 4.22. The Morgan fingerprint density at radius 1 is 1.05 bits per heavy atom. The highest BCUT2D eigenvalue weighted by Crippen LogP contribution is 2.40. The predicted octanol–water partition coefficient (Wildman–Crippen LogP) is 5.88. The quantitative estimate of drug-likeness (QED) is 0.428. The highest BCUT2D eigenvalue weighted by Gasteiger charge is 2.36. The molecule has 0 saturated heterocycles. The number of hydrogen-bond donors (Lipinski definition) is 1. The van der Waals surface area contributed by atoms with Crippen LogP contribution >= 0.6 is 0 Å². The second-order valence-electron chi connectivity index (χ2n) is 10.5. The Bertz CT molecular complexity index is 1320. The molecule has 1 saturated carbocycles. The lowest BCUT2D eigenvalue weighted by atomic mass is 9.86. The molecule has 0 unspecified atom stereocenters. The van der Waals surface area contributed by atoms with Crippen LogP contribution in [0.4, 0.5) is 4.39 Å². The van der Waals surface area contributed by atoms with Crippen molar-refractivity contribution >= 4 is 11.8 Å². The van der Waals surface area contributed by atoms with E-state index in [1.54, 1.807) is 19.1 Å². The lowest BCUT2D eigenvalue weighted by Crippen LogP contribution is -2.43. The number of amides is 2. The fourth-order valence-corrected chi connectivity index (χ4v) is 5.75. The number of halogens is 1. The normalized spacial score (nSPS) is 18.1. The molecule has 2 amide bonds. The Morgan fingerprint density at radius 3 is 2.61 bits per heavy atom. The van der Waals surface area contributed by atoms with Crippen LogP contribution in [-0.2, 0) is 22.6 Å². The summed E-state index contributed by atoms with van der Waals surface area (Å²) in [5.41, 5.74) is 5.18. The molecule has 5 nitrogen and oxygen atoms in total. The number of benzene rings is 3. The summed E-state index contributed by atoms with van der Waals surface area (Å²) < 4.78 is 19.5. The van der Waals surface area contributed by atoms with Crippen molar-refractivity contribution in [2.45, 2.75) is 64.6 Å². The number of nitrogens with one attached hydrogen (secondary N) is 1. The van der Waals surface area contributed by atoms with Gasteiger partial charge in [0, 0.05) is 19.0 Å². The number of hydrogen-bond acceptors (Lipinski definition) is 3. The second kappa shape index (κ2) is 11.4. The van der Waals surface area contributed by atoms with E-state index in [0.29, 0.717) is 17.9 Å². The lowest BCUT2D eigenvalue weighted by molar-refractivity contribution is -0.137. The van der Waals surface area contributed by atoms with Gasteiger partial charge in [0.1, 0.15) is 11.6 Å². The predicted molar refractivity (Wildman–Crippen MR) is 145 cm³/mol. The molecular weight excluding hydrogens is 479 g/mol. The molecule has 1 fully saturated rings. The zero-order valence-corrected chi connectivity index (χ0v) is 22.1.